The zero-order chi connectivity index (χ0) is 7.40. The van der Waals surface area contributed by atoms with E-state index in [1.54, 1.807) is 0 Å². The summed E-state index contributed by atoms with van der Waals surface area (Å²) in [6, 6.07) is 0.705. The van der Waals surface area contributed by atoms with E-state index in [-0.39, 0.29) is 0 Å². The van der Waals surface area contributed by atoms with E-state index in [0.717, 1.165) is 19.8 Å². The summed E-state index contributed by atoms with van der Waals surface area (Å²) >= 11 is 0. The van der Waals surface area contributed by atoms with Crippen molar-refractivity contribution in [3.63, 3.8) is 0 Å². The van der Waals surface area contributed by atoms with E-state index in [1.165, 1.54) is 0 Å². The average Bonchev–Trinajstić information content (AvgIpc) is 2.31. The van der Waals surface area contributed by atoms with Gasteiger partial charge in [0.1, 0.15) is 0 Å². The highest BCUT2D eigenvalue weighted by Gasteiger charge is 2.17. The molecule has 1 heterocycles. The summed E-state index contributed by atoms with van der Waals surface area (Å²) in [5.74, 6) is 0. The monoisotopic (exact) mass is 140 g/mol. The van der Waals surface area contributed by atoms with Crippen molar-refractivity contribution in [3.8, 4) is 0 Å². The minimum atomic E-state index is 0.705. The Morgan fingerprint density at radius 3 is 3.00 bits per heavy atom. The van der Waals surface area contributed by atoms with Crippen LogP contribution in [0.5, 0.6) is 0 Å². The zero-order valence-electron chi connectivity index (χ0n) is 6.80. The molecule has 0 aromatic rings. The molecule has 0 saturated carbocycles. The van der Waals surface area contributed by atoms with Crippen molar-refractivity contribution in [2.45, 2.75) is 19.9 Å². The van der Waals surface area contributed by atoms with Crippen molar-refractivity contribution < 1.29 is 0 Å². The zero-order valence-corrected chi connectivity index (χ0v) is 6.80. The largest absolute Gasteiger partial charge is 0.303 e. The van der Waals surface area contributed by atoms with E-state index >= 15 is 0 Å². The van der Waals surface area contributed by atoms with Crippen molar-refractivity contribution in [1.29, 1.82) is 0 Å². The van der Waals surface area contributed by atoms with Crippen molar-refractivity contribution in [3.05, 3.63) is 12.2 Å². The third-order valence-electron chi connectivity index (χ3n) is 1.95. The first-order valence-electron chi connectivity index (χ1n) is 3.90. The molecule has 1 N–H and O–H groups in total. The third kappa shape index (κ3) is 1.82. The summed E-state index contributed by atoms with van der Waals surface area (Å²) in [5.41, 5.74) is 0. The fourth-order valence-electron chi connectivity index (χ4n) is 1.19. The molecule has 2 heteroatoms. The summed E-state index contributed by atoms with van der Waals surface area (Å²) < 4.78 is 0. The van der Waals surface area contributed by atoms with Crippen molar-refractivity contribution in [1.82, 2.24) is 10.2 Å². The summed E-state index contributed by atoms with van der Waals surface area (Å²) in [6.45, 7) is 7.59. The molecule has 1 saturated heterocycles. The number of nitrogens with one attached hydrogen (secondary N) is 1. The van der Waals surface area contributed by atoms with Gasteiger partial charge >= 0.3 is 0 Å². The smallest absolute Gasteiger partial charge is 0.0487 e. The molecule has 0 amide bonds. The van der Waals surface area contributed by atoms with Gasteiger partial charge in [0.25, 0.3) is 0 Å². The molecule has 2 nitrogen and oxygen atoms in total. The molecule has 1 fully saturated rings. The molecule has 10 heavy (non-hydrogen) atoms. The Bertz CT molecular complexity index is 120. The third-order valence-corrected chi connectivity index (χ3v) is 1.95. The fourth-order valence-corrected chi connectivity index (χ4v) is 1.19. The molecule has 58 valence electrons. The van der Waals surface area contributed by atoms with Gasteiger partial charge in [0.15, 0.2) is 0 Å². The molecule has 1 aliphatic heterocycles. The van der Waals surface area contributed by atoms with E-state index in [4.69, 9.17) is 0 Å². The molecule has 0 aromatic heterocycles. The Morgan fingerprint density at radius 1 is 1.70 bits per heavy atom. The lowest BCUT2D eigenvalue weighted by molar-refractivity contribution is 0.301. The predicted molar refractivity (Wildman–Crippen MR) is 43.9 cm³/mol. The van der Waals surface area contributed by atoms with Crippen LogP contribution in [0.25, 0.3) is 0 Å². The second-order valence-electron chi connectivity index (χ2n) is 2.80. The molecular formula is C8H16N2. The van der Waals surface area contributed by atoms with E-state index in [0.29, 0.717) is 6.04 Å². The lowest BCUT2D eigenvalue weighted by Crippen LogP contribution is -2.28. The average molecular weight is 140 g/mol. The molecule has 0 spiro atoms. The van der Waals surface area contributed by atoms with Crippen LogP contribution in [0.2, 0.25) is 0 Å². The Labute approximate surface area is 62.9 Å². The minimum Gasteiger partial charge on any atom is -0.303 e. The lowest BCUT2D eigenvalue weighted by Gasteiger charge is -2.16. The quantitative estimate of drug-likeness (QED) is 0.571. The minimum absolute atomic E-state index is 0.705. The first-order chi connectivity index (χ1) is 4.84. The SMILES string of the molecule is C/C=C\CN1CNC[C@H]1C. The lowest BCUT2D eigenvalue weighted by atomic mass is 10.3. The number of rotatable bonds is 2. The van der Waals surface area contributed by atoms with Crippen LogP contribution in [-0.2, 0) is 0 Å². The second kappa shape index (κ2) is 3.74. The number of hydrogen-bond acceptors (Lipinski definition) is 2. The Kier molecular flexibility index (Phi) is 2.90. The predicted octanol–water partition coefficient (Wildman–Crippen LogP) is 0.814. The van der Waals surface area contributed by atoms with Crippen LogP contribution in [0.3, 0.4) is 0 Å². The van der Waals surface area contributed by atoms with E-state index in [9.17, 15) is 0 Å². The van der Waals surface area contributed by atoms with Crippen LogP contribution >= 0.6 is 0 Å². The Balaban J connectivity index is 2.26. The van der Waals surface area contributed by atoms with Gasteiger partial charge in [0.2, 0.25) is 0 Å². The van der Waals surface area contributed by atoms with Gasteiger partial charge < -0.3 is 5.32 Å². The van der Waals surface area contributed by atoms with Crippen LogP contribution in [0.1, 0.15) is 13.8 Å². The maximum Gasteiger partial charge on any atom is 0.0487 e. The number of nitrogens with zero attached hydrogens (tertiary/aromatic N) is 1. The summed E-state index contributed by atoms with van der Waals surface area (Å²) in [5, 5.41) is 3.32. The first kappa shape index (κ1) is 7.76. The maximum atomic E-state index is 3.32. The van der Waals surface area contributed by atoms with Gasteiger partial charge in [0.05, 0.1) is 0 Å². The Morgan fingerprint density at radius 2 is 2.50 bits per heavy atom. The van der Waals surface area contributed by atoms with Gasteiger partial charge in [0, 0.05) is 25.8 Å². The van der Waals surface area contributed by atoms with Crippen LogP contribution in [0.4, 0.5) is 0 Å². The van der Waals surface area contributed by atoms with Gasteiger partial charge in [-0.15, -0.1) is 0 Å². The summed E-state index contributed by atoms with van der Waals surface area (Å²) in [4.78, 5) is 2.42. The second-order valence-corrected chi connectivity index (χ2v) is 2.80. The van der Waals surface area contributed by atoms with Gasteiger partial charge in [-0.1, -0.05) is 12.2 Å². The van der Waals surface area contributed by atoms with Crippen LogP contribution in [-0.4, -0.2) is 30.7 Å². The maximum absolute atomic E-state index is 3.32. The molecule has 1 rings (SSSR count). The van der Waals surface area contributed by atoms with E-state index < -0.39 is 0 Å². The number of allylic oxidation sites excluding steroid dienone is 1. The molecule has 0 aromatic carbocycles. The molecule has 1 aliphatic rings. The standard InChI is InChI=1S/C8H16N2/c1-3-4-5-10-7-9-6-8(10)2/h3-4,8-9H,5-7H2,1-2H3/b4-3-/t8-/m1/s1. The van der Waals surface area contributed by atoms with Gasteiger partial charge in [-0.2, -0.15) is 0 Å². The van der Waals surface area contributed by atoms with Gasteiger partial charge in [-0.3, -0.25) is 4.90 Å². The summed E-state index contributed by atoms with van der Waals surface area (Å²) in [6.07, 6.45) is 4.30. The van der Waals surface area contributed by atoms with E-state index in [2.05, 4.69) is 36.2 Å². The van der Waals surface area contributed by atoms with Crippen molar-refractivity contribution in [2.75, 3.05) is 19.8 Å². The topological polar surface area (TPSA) is 15.3 Å². The normalized spacial score (nSPS) is 28.4. The molecule has 1 atom stereocenters. The highest BCUT2D eigenvalue weighted by molar-refractivity contribution is 4.85. The number of hydrogen-bond donors (Lipinski definition) is 1. The van der Waals surface area contributed by atoms with Crippen molar-refractivity contribution >= 4 is 0 Å². The Hall–Kier alpha value is -0.340. The van der Waals surface area contributed by atoms with E-state index in [1.807, 2.05) is 0 Å². The van der Waals surface area contributed by atoms with Gasteiger partial charge in [-0.05, 0) is 13.8 Å². The first-order valence-corrected chi connectivity index (χ1v) is 3.90. The molecule has 0 radical (unpaired) electrons. The van der Waals surface area contributed by atoms with Crippen molar-refractivity contribution in [2.24, 2.45) is 0 Å². The molecule has 0 bridgehead atoms. The molecule has 0 aliphatic carbocycles. The van der Waals surface area contributed by atoms with Crippen LogP contribution in [0, 0.1) is 0 Å². The van der Waals surface area contributed by atoms with Crippen LogP contribution in [0.15, 0.2) is 12.2 Å². The molecular weight excluding hydrogens is 124 g/mol. The highest BCUT2D eigenvalue weighted by atomic mass is 15.3. The van der Waals surface area contributed by atoms with Gasteiger partial charge in [-0.25, -0.2) is 0 Å². The fraction of sp³-hybridized carbons (Fsp3) is 0.750. The summed E-state index contributed by atoms with van der Waals surface area (Å²) in [7, 11) is 0. The highest BCUT2D eigenvalue weighted by Crippen LogP contribution is 2.01. The van der Waals surface area contributed by atoms with Crippen LogP contribution < -0.4 is 5.32 Å². The molecule has 0 unspecified atom stereocenters.